The van der Waals surface area contributed by atoms with Crippen molar-refractivity contribution in [1.82, 2.24) is 14.3 Å². The number of hydrogen-bond donors (Lipinski definition) is 1. The lowest BCUT2D eigenvalue weighted by atomic mass is 9.97. The summed E-state index contributed by atoms with van der Waals surface area (Å²) in [5, 5.41) is 3.58. The predicted octanol–water partition coefficient (Wildman–Crippen LogP) is 2.67. The molecule has 8 heteroatoms. The Morgan fingerprint density at radius 1 is 0.964 bits per heavy atom. The highest BCUT2D eigenvalue weighted by Crippen LogP contribution is 2.28. The molecule has 0 bridgehead atoms. The fourth-order valence-corrected chi connectivity index (χ4v) is 5.08. The van der Waals surface area contributed by atoms with Crippen LogP contribution in [0.15, 0.2) is 65.8 Å². The lowest BCUT2D eigenvalue weighted by Gasteiger charge is -2.30. The minimum absolute atomic E-state index is 0.123. The van der Waals surface area contributed by atoms with Crippen molar-refractivity contribution in [2.45, 2.75) is 17.7 Å². The second-order valence-electron chi connectivity index (χ2n) is 6.71. The number of fused-ring (bicyclic) bond motifs is 1. The van der Waals surface area contributed by atoms with Crippen LogP contribution in [-0.4, -0.2) is 41.7 Å². The molecule has 0 spiro atoms. The van der Waals surface area contributed by atoms with E-state index in [1.54, 1.807) is 48.8 Å². The van der Waals surface area contributed by atoms with Gasteiger partial charge in [-0.3, -0.25) is 9.78 Å². The summed E-state index contributed by atoms with van der Waals surface area (Å²) in [5.41, 5.74) is 0.472. The third-order valence-electron chi connectivity index (χ3n) is 4.95. The number of nitrogens with zero attached hydrogens (tertiary/aromatic N) is 3. The molecular formula is C20H20N4O3S. The maximum atomic E-state index is 13.1. The van der Waals surface area contributed by atoms with Crippen LogP contribution in [0.4, 0.5) is 5.82 Å². The number of carbonyl (C=O) groups excluding carboxylic acids is 1. The van der Waals surface area contributed by atoms with Gasteiger partial charge >= 0.3 is 0 Å². The van der Waals surface area contributed by atoms with E-state index in [0.29, 0.717) is 37.3 Å². The number of piperidine rings is 1. The van der Waals surface area contributed by atoms with E-state index in [-0.39, 0.29) is 16.7 Å². The van der Waals surface area contributed by atoms with Gasteiger partial charge in [0, 0.05) is 36.8 Å². The summed E-state index contributed by atoms with van der Waals surface area (Å²) < 4.78 is 27.7. The van der Waals surface area contributed by atoms with Gasteiger partial charge in [-0.15, -0.1) is 0 Å². The minimum atomic E-state index is -3.67. The Kier molecular flexibility index (Phi) is 5.06. The van der Waals surface area contributed by atoms with Crippen LogP contribution in [-0.2, 0) is 14.8 Å². The second-order valence-corrected chi connectivity index (χ2v) is 8.62. The average Bonchev–Trinajstić information content (AvgIpc) is 2.74. The molecule has 1 aliphatic rings. The molecule has 0 atom stereocenters. The number of rotatable bonds is 4. The predicted molar refractivity (Wildman–Crippen MR) is 106 cm³/mol. The van der Waals surface area contributed by atoms with Crippen LogP contribution in [0.2, 0.25) is 0 Å². The standard InChI is InChI=1S/C20H20N4O3S/c25-20(23-18-8-1-2-11-21-18)16-9-13-24(14-10-16)28(26,27)17-7-3-5-15-6-4-12-22-19(15)17/h1-8,11-12,16H,9-10,13-14H2,(H,21,23,25). The average molecular weight is 396 g/mol. The number of hydrogen-bond acceptors (Lipinski definition) is 5. The summed E-state index contributed by atoms with van der Waals surface area (Å²) in [6.45, 7) is 0.595. The number of anilines is 1. The van der Waals surface area contributed by atoms with Crippen molar-refractivity contribution in [3.8, 4) is 0 Å². The normalized spacial score (nSPS) is 16.1. The Bertz CT molecular complexity index is 1090. The van der Waals surface area contributed by atoms with E-state index in [1.807, 2.05) is 12.1 Å². The summed E-state index contributed by atoms with van der Waals surface area (Å²) in [6, 6.07) is 14.1. The number of sulfonamides is 1. The molecule has 4 rings (SSSR count). The van der Waals surface area contributed by atoms with Crippen molar-refractivity contribution in [3.05, 3.63) is 60.9 Å². The molecule has 0 saturated carbocycles. The van der Waals surface area contributed by atoms with E-state index in [4.69, 9.17) is 0 Å². The third kappa shape index (κ3) is 3.61. The monoisotopic (exact) mass is 396 g/mol. The van der Waals surface area contributed by atoms with Gasteiger partial charge in [-0.25, -0.2) is 13.4 Å². The zero-order valence-corrected chi connectivity index (χ0v) is 16.0. The Hall–Kier alpha value is -2.84. The minimum Gasteiger partial charge on any atom is -0.310 e. The molecule has 0 aliphatic carbocycles. The molecule has 1 fully saturated rings. The van der Waals surface area contributed by atoms with Gasteiger partial charge in [-0.05, 0) is 37.1 Å². The first kappa shape index (κ1) is 18.5. The van der Waals surface area contributed by atoms with E-state index in [9.17, 15) is 13.2 Å². The van der Waals surface area contributed by atoms with Crippen molar-refractivity contribution in [1.29, 1.82) is 0 Å². The van der Waals surface area contributed by atoms with Crippen LogP contribution in [0.5, 0.6) is 0 Å². The Morgan fingerprint density at radius 2 is 1.71 bits per heavy atom. The highest BCUT2D eigenvalue weighted by Gasteiger charge is 2.33. The van der Waals surface area contributed by atoms with Gasteiger partial charge in [0.05, 0.1) is 5.52 Å². The smallest absolute Gasteiger partial charge is 0.245 e. The maximum Gasteiger partial charge on any atom is 0.245 e. The summed E-state index contributed by atoms with van der Waals surface area (Å²) in [4.78, 5) is 21.0. The largest absolute Gasteiger partial charge is 0.310 e. The molecule has 1 N–H and O–H groups in total. The summed E-state index contributed by atoms with van der Waals surface area (Å²) >= 11 is 0. The molecule has 0 unspecified atom stereocenters. The fraction of sp³-hybridized carbons (Fsp3) is 0.250. The van der Waals surface area contributed by atoms with E-state index in [0.717, 1.165) is 5.39 Å². The number of aromatic nitrogens is 2. The molecule has 28 heavy (non-hydrogen) atoms. The number of pyridine rings is 2. The van der Waals surface area contributed by atoms with Gasteiger partial charge in [0.1, 0.15) is 10.7 Å². The Labute approximate surface area is 163 Å². The maximum absolute atomic E-state index is 13.1. The number of nitrogens with one attached hydrogen (secondary N) is 1. The van der Waals surface area contributed by atoms with Crippen LogP contribution < -0.4 is 5.32 Å². The number of amides is 1. The number of para-hydroxylation sites is 1. The van der Waals surface area contributed by atoms with Crippen molar-refractivity contribution in [2.75, 3.05) is 18.4 Å². The van der Waals surface area contributed by atoms with Crippen molar-refractivity contribution < 1.29 is 13.2 Å². The summed E-state index contributed by atoms with van der Waals surface area (Å²) in [6.07, 6.45) is 4.14. The van der Waals surface area contributed by atoms with E-state index >= 15 is 0 Å². The molecular weight excluding hydrogens is 376 g/mol. The zero-order valence-electron chi connectivity index (χ0n) is 15.2. The van der Waals surface area contributed by atoms with Crippen molar-refractivity contribution in [2.24, 2.45) is 5.92 Å². The Balaban J connectivity index is 1.47. The molecule has 1 aromatic carbocycles. The lowest BCUT2D eigenvalue weighted by Crippen LogP contribution is -2.41. The molecule has 3 heterocycles. The van der Waals surface area contributed by atoms with E-state index in [1.165, 1.54) is 4.31 Å². The fourth-order valence-electron chi connectivity index (χ4n) is 3.45. The Morgan fingerprint density at radius 3 is 2.46 bits per heavy atom. The topological polar surface area (TPSA) is 92.3 Å². The molecule has 0 radical (unpaired) electrons. The van der Waals surface area contributed by atoms with Gasteiger partial charge < -0.3 is 5.32 Å². The molecule has 7 nitrogen and oxygen atoms in total. The van der Waals surface area contributed by atoms with Crippen molar-refractivity contribution in [3.63, 3.8) is 0 Å². The van der Waals surface area contributed by atoms with Gasteiger partial charge in [0.15, 0.2) is 0 Å². The first-order valence-corrected chi connectivity index (χ1v) is 10.6. The zero-order chi connectivity index (χ0) is 19.6. The highest BCUT2D eigenvalue weighted by atomic mass is 32.2. The van der Waals surface area contributed by atoms with Crippen LogP contribution in [0.1, 0.15) is 12.8 Å². The number of benzene rings is 1. The van der Waals surface area contributed by atoms with Crippen LogP contribution >= 0.6 is 0 Å². The van der Waals surface area contributed by atoms with Crippen LogP contribution in [0.3, 0.4) is 0 Å². The van der Waals surface area contributed by atoms with Gasteiger partial charge in [0.25, 0.3) is 0 Å². The van der Waals surface area contributed by atoms with Crippen molar-refractivity contribution >= 4 is 32.7 Å². The first-order valence-electron chi connectivity index (χ1n) is 9.11. The SMILES string of the molecule is O=C(Nc1ccccn1)C1CCN(S(=O)(=O)c2cccc3cccnc23)CC1. The molecule has 144 valence electrons. The van der Waals surface area contributed by atoms with Crippen LogP contribution in [0, 0.1) is 5.92 Å². The summed E-state index contributed by atoms with van der Waals surface area (Å²) in [7, 11) is -3.67. The molecule has 2 aromatic heterocycles. The third-order valence-corrected chi connectivity index (χ3v) is 6.88. The quantitative estimate of drug-likeness (QED) is 0.732. The van der Waals surface area contributed by atoms with Gasteiger partial charge in [0.2, 0.25) is 15.9 Å². The molecule has 1 amide bonds. The number of carbonyl (C=O) groups is 1. The lowest BCUT2D eigenvalue weighted by molar-refractivity contribution is -0.120. The highest BCUT2D eigenvalue weighted by molar-refractivity contribution is 7.89. The first-order chi connectivity index (χ1) is 13.6. The molecule has 3 aromatic rings. The summed E-state index contributed by atoms with van der Waals surface area (Å²) in [5.74, 6) is 0.144. The molecule has 1 aliphatic heterocycles. The molecule has 1 saturated heterocycles. The van der Waals surface area contributed by atoms with E-state index in [2.05, 4.69) is 15.3 Å². The second kappa shape index (κ2) is 7.65. The van der Waals surface area contributed by atoms with Gasteiger partial charge in [-0.1, -0.05) is 24.3 Å². The van der Waals surface area contributed by atoms with Crippen LogP contribution in [0.25, 0.3) is 10.9 Å². The van der Waals surface area contributed by atoms with Gasteiger partial charge in [-0.2, -0.15) is 4.31 Å². The van der Waals surface area contributed by atoms with E-state index < -0.39 is 10.0 Å².